The lowest BCUT2D eigenvalue weighted by atomic mass is 10.0. The van der Waals surface area contributed by atoms with Gasteiger partial charge in [0, 0.05) is 5.56 Å². The van der Waals surface area contributed by atoms with Gasteiger partial charge in [-0.3, -0.25) is 0 Å². The summed E-state index contributed by atoms with van der Waals surface area (Å²) in [5.74, 6) is 0. The summed E-state index contributed by atoms with van der Waals surface area (Å²) in [6, 6.07) is 12.3. The lowest BCUT2D eigenvalue weighted by Crippen LogP contribution is -1.84. The van der Waals surface area contributed by atoms with Crippen LogP contribution in [0.15, 0.2) is 36.4 Å². The summed E-state index contributed by atoms with van der Waals surface area (Å²) in [5.41, 5.74) is 4.32. The fourth-order valence-corrected chi connectivity index (χ4v) is 2.09. The van der Waals surface area contributed by atoms with Crippen molar-refractivity contribution in [1.29, 1.82) is 0 Å². The van der Waals surface area contributed by atoms with Crippen molar-refractivity contribution < 1.29 is 0 Å². The summed E-state index contributed by atoms with van der Waals surface area (Å²) in [6.45, 7) is 4.01. The Morgan fingerprint density at radius 2 is 1.38 bits per heavy atom. The standard InChI is InChI=1S/C14H12Cl2/c1-9-3-6-11(7-4-9)12-8-5-10(2)13(15)14(12)16/h3-8H,1-2H3. The van der Waals surface area contributed by atoms with Crippen LogP contribution in [0.1, 0.15) is 11.1 Å². The predicted octanol–water partition coefficient (Wildman–Crippen LogP) is 5.28. The van der Waals surface area contributed by atoms with Crippen LogP contribution in [-0.2, 0) is 0 Å². The van der Waals surface area contributed by atoms with E-state index in [4.69, 9.17) is 23.2 Å². The first-order chi connectivity index (χ1) is 7.59. The van der Waals surface area contributed by atoms with Gasteiger partial charge in [-0.2, -0.15) is 0 Å². The highest BCUT2D eigenvalue weighted by Gasteiger charge is 2.08. The average Bonchev–Trinajstić information content (AvgIpc) is 2.28. The summed E-state index contributed by atoms with van der Waals surface area (Å²) in [7, 11) is 0. The van der Waals surface area contributed by atoms with Crippen LogP contribution in [0.4, 0.5) is 0 Å². The van der Waals surface area contributed by atoms with Crippen LogP contribution in [0.3, 0.4) is 0 Å². The summed E-state index contributed by atoms with van der Waals surface area (Å²) in [4.78, 5) is 0. The van der Waals surface area contributed by atoms with Gasteiger partial charge in [0.1, 0.15) is 0 Å². The van der Waals surface area contributed by atoms with Gasteiger partial charge in [-0.05, 0) is 25.0 Å². The number of aryl methyl sites for hydroxylation is 2. The third-order valence-corrected chi connectivity index (χ3v) is 3.61. The largest absolute Gasteiger partial charge is 0.0824 e. The van der Waals surface area contributed by atoms with Crippen molar-refractivity contribution in [2.45, 2.75) is 13.8 Å². The highest BCUT2D eigenvalue weighted by atomic mass is 35.5. The molecule has 2 rings (SSSR count). The van der Waals surface area contributed by atoms with Crippen LogP contribution in [0, 0.1) is 13.8 Å². The van der Waals surface area contributed by atoms with Crippen LogP contribution in [0.5, 0.6) is 0 Å². The van der Waals surface area contributed by atoms with Gasteiger partial charge in [-0.1, -0.05) is 65.2 Å². The molecule has 0 unspecified atom stereocenters. The van der Waals surface area contributed by atoms with E-state index in [-0.39, 0.29) is 0 Å². The van der Waals surface area contributed by atoms with E-state index in [2.05, 4.69) is 31.2 Å². The molecule has 0 aliphatic carbocycles. The Balaban J connectivity index is 2.57. The Bertz CT molecular complexity index is 513. The Morgan fingerprint density at radius 1 is 0.750 bits per heavy atom. The Kier molecular flexibility index (Phi) is 3.22. The number of hydrogen-bond donors (Lipinski definition) is 0. The summed E-state index contributed by atoms with van der Waals surface area (Å²) < 4.78 is 0. The Hall–Kier alpha value is -0.980. The molecule has 2 aromatic rings. The van der Waals surface area contributed by atoms with E-state index in [0.717, 1.165) is 16.7 Å². The minimum Gasteiger partial charge on any atom is -0.0824 e. The van der Waals surface area contributed by atoms with Crippen molar-refractivity contribution in [2.24, 2.45) is 0 Å². The lowest BCUT2D eigenvalue weighted by Gasteiger charge is -2.08. The van der Waals surface area contributed by atoms with Gasteiger partial charge in [-0.25, -0.2) is 0 Å². The first-order valence-electron chi connectivity index (χ1n) is 5.11. The van der Waals surface area contributed by atoms with E-state index in [9.17, 15) is 0 Å². The van der Waals surface area contributed by atoms with Crippen LogP contribution in [-0.4, -0.2) is 0 Å². The molecule has 82 valence electrons. The molecule has 0 N–H and O–H groups in total. The minimum atomic E-state index is 0.630. The van der Waals surface area contributed by atoms with Gasteiger partial charge in [0.2, 0.25) is 0 Å². The lowest BCUT2D eigenvalue weighted by molar-refractivity contribution is 1.44. The number of halogens is 2. The Morgan fingerprint density at radius 3 is 2.00 bits per heavy atom. The summed E-state index contributed by atoms with van der Waals surface area (Å²) in [6.07, 6.45) is 0. The molecule has 0 radical (unpaired) electrons. The zero-order chi connectivity index (χ0) is 11.7. The van der Waals surface area contributed by atoms with Crippen molar-refractivity contribution in [1.82, 2.24) is 0 Å². The maximum Gasteiger partial charge on any atom is 0.0673 e. The molecule has 2 aromatic carbocycles. The molecule has 0 aliphatic rings. The number of benzene rings is 2. The van der Waals surface area contributed by atoms with Crippen LogP contribution in [0.2, 0.25) is 10.0 Å². The molecule has 2 heteroatoms. The van der Waals surface area contributed by atoms with Crippen molar-refractivity contribution >= 4 is 23.2 Å². The first-order valence-corrected chi connectivity index (χ1v) is 5.87. The molecule has 0 saturated heterocycles. The highest BCUT2D eigenvalue weighted by Crippen LogP contribution is 2.35. The first kappa shape index (κ1) is 11.5. The number of rotatable bonds is 1. The topological polar surface area (TPSA) is 0 Å². The normalized spacial score (nSPS) is 10.5. The van der Waals surface area contributed by atoms with Crippen LogP contribution < -0.4 is 0 Å². The second-order valence-corrected chi connectivity index (χ2v) is 4.68. The van der Waals surface area contributed by atoms with Crippen molar-refractivity contribution in [2.75, 3.05) is 0 Å². The van der Waals surface area contributed by atoms with Crippen molar-refractivity contribution in [3.63, 3.8) is 0 Å². The monoisotopic (exact) mass is 250 g/mol. The molecule has 0 aliphatic heterocycles. The van der Waals surface area contributed by atoms with Gasteiger partial charge >= 0.3 is 0 Å². The van der Waals surface area contributed by atoms with E-state index in [1.807, 2.05) is 19.1 Å². The van der Waals surface area contributed by atoms with E-state index >= 15 is 0 Å². The molecule has 0 bridgehead atoms. The molecule has 16 heavy (non-hydrogen) atoms. The SMILES string of the molecule is Cc1ccc(-c2ccc(C)c(Cl)c2Cl)cc1. The third kappa shape index (κ3) is 2.09. The maximum atomic E-state index is 6.24. The Labute approximate surface area is 106 Å². The molecule has 0 nitrogen and oxygen atoms in total. The second-order valence-electron chi connectivity index (χ2n) is 3.92. The number of hydrogen-bond acceptors (Lipinski definition) is 0. The molecule has 0 amide bonds. The fraction of sp³-hybridized carbons (Fsp3) is 0.143. The molecular formula is C14H12Cl2. The van der Waals surface area contributed by atoms with Crippen molar-refractivity contribution in [3.05, 3.63) is 57.6 Å². The smallest absolute Gasteiger partial charge is 0.0673 e. The molecule has 0 heterocycles. The van der Waals surface area contributed by atoms with Gasteiger partial charge in [0.05, 0.1) is 10.0 Å². The molecule has 0 aromatic heterocycles. The fourth-order valence-electron chi connectivity index (χ4n) is 1.60. The zero-order valence-electron chi connectivity index (χ0n) is 9.22. The van der Waals surface area contributed by atoms with E-state index in [1.54, 1.807) is 0 Å². The molecular weight excluding hydrogens is 239 g/mol. The summed E-state index contributed by atoms with van der Waals surface area (Å²) >= 11 is 12.4. The quantitative estimate of drug-likeness (QED) is 0.647. The summed E-state index contributed by atoms with van der Waals surface area (Å²) in [5, 5.41) is 1.27. The van der Waals surface area contributed by atoms with Gasteiger partial charge < -0.3 is 0 Å². The molecule has 0 atom stereocenters. The minimum absolute atomic E-state index is 0.630. The van der Waals surface area contributed by atoms with Gasteiger partial charge in [0.15, 0.2) is 0 Å². The van der Waals surface area contributed by atoms with Crippen LogP contribution in [0.25, 0.3) is 11.1 Å². The third-order valence-electron chi connectivity index (χ3n) is 2.64. The zero-order valence-corrected chi connectivity index (χ0v) is 10.7. The molecule has 0 fully saturated rings. The van der Waals surface area contributed by atoms with E-state index < -0.39 is 0 Å². The maximum absolute atomic E-state index is 6.24. The highest BCUT2D eigenvalue weighted by molar-refractivity contribution is 6.44. The molecule has 0 saturated carbocycles. The average molecular weight is 251 g/mol. The second kappa shape index (κ2) is 4.48. The van der Waals surface area contributed by atoms with Crippen molar-refractivity contribution in [3.8, 4) is 11.1 Å². The van der Waals surface area contributed by atoms with E-state index in [1.165, 1.54) is 5.56 Å². The van der Waals surface area contributed by atoms with Crippen LogP contribution >= 0.6 is 23.2 Å². The predicted molar refractivity (Wildman–Crippen MR) is 71.4 cm³/mol. The molecule has 0 spiro atoms. The van der Waals surface area contributed by atoms with Gasteiger partial charge in [0.25, 0.3) is 0 Å². The van der Waals surface area contributed by atoms with Gasteiger partial charge in [-0.15, -0.1) is 0 Å². The van der Waals surface area contributed by atoms with E-state index in [0.29, 0.717) is 10.0 Å².